The smallest absolute Gasteiger partial charge is 0.227 e. The standard InChI is InChI=1S/C18H25ClN2O2.ClH/c1-18(20)9-3-2-4-15(18)17(22)21-10-11-23-16(12-21)13-5-7-14(19)8-6-13;/h5-8,15-16H,2-4,9-12,20H2,1H3;1H. The normalized spacial score (nSPS) is 30.5. The summed E-state index contributed by atoms with van der Waals surface area (Å²) in [6, 6.07) is 7.65. The first kappa shape index (κ1) is 19.5. The van der Waals surface area contributed by atoms with Gasteiger partial charge in [0.1, 0.15) is 6.10 Å². The lowest BCUT2D eigenvalue weighted by Gasteiger charge is -2.42. The van der Waals surface area contributed by atoms with Crippen molar-refractivity contribution in [2.45, 2.75) is 44.2 Å². The number of rotatable bonds is 2. The molecule has 6 heteroatoms. The van der Waals surface area contributed by atoms with E-state index in [1.807, 2.05) is 36.1 Å². The molecule has 1 aliphatic heterocycles. The third kappa shape index (κ3) is 4.23. The van der Waals surface area contributed by atoms with Crippen molar-refractivity contribution in [1.29, 1.82) is 0 Å². The molecule has 2 fully saturated rings. The van der Waals surface area contributed by atoms with E-state index in [0.29, 0.717) is 24.7 Å². The maximum absolute atomic E-state index is 13.0. The monoisotopic (exact) mass is 372 g/mol. The zero-order chi connectivity index (χ0) is 16.4. The van der Waals surface area contributed by atoms with Gasteiger partial charge in [0.05, 0.1) is 19.1 Å². The summed E-state index contributed by atoms with van der Waals surface area (Å²) in [6.07, 6.45) is 3.95. The van der Waals surface area contributed by atoms with Gasteiger partial charge in [0.15, 0.2) is 0 Å². The van der Waals surface area contributed by atoms with Crippen LogP contribution in [0.25, 0.3) is 0 Å². The van der Waals surface area contributed by atoms with Gasteiger partial charge in [-0.25, -0.2) is 0 Å². The number of carbonyl (C=O) groups is 1. The first-order chi connectivity index (χ1) is 11.0. The van der Waals surface area contributed by atoms with Crippen LogP contribution < -0.4 is 5.73 Å². The van der Waals surface area contributed by atoms with Gasteiger partial charge < -0.3 is 15.4 Å². The van der Waals surface area contributed by atoms with Crippen molar-refractivity contribution in [1.82, 2.24) is 4.90 Å². The second kappa shape index (κ2) is 8.05. The van der Waals surface area contributed by atoms with E-state index in [-0.39, 0.29) is 35.9 Å². The van der Waals surface area contributed by atoms with Crippen molar-refractivity contribution in [3.05, 3.63) is 34.9 Å². The third-order valence-electron chi connectivity index (χ3n) is 5.17. The highest BCUT2D eigenvalue weighted by molar-refractivity contribution is 6.30. The summed E-state index contributed by atoms with van der Waals surface area (Å²) < 4.78 is 5.86. The van der Waals surface area contributed by atoms with Crippen LogP contribution in [0, 0.1) is 5.92 Å². The third-order valence-corrected chi connectivity index (χ3v) is 5.42. The Morgan fingerprint density at radius 3 is 2.71 bits per heavy atom. The Bertz CT molecular complexity index is 563. The molecule has 3 atom stereocenters. The van der Waals surface area contributed by atoms with E-state index < -0.39 is 0 Å². The van der Waals surface area contributed by atoms with Crippen LogP contribution in [0.3, 0.4) is 0 Å². The minimum absolute atomic E-state index is 0. The Labute approximate surface area is 155 Å². The highest BCUT2D eigenvalue weighted by Gasteiger charge is 2.40. The molecule has 1 amide bonds. The Hall–Kier alpha value is -0.810. The number of carbonyl (C=O) groups excluding carboxylic acids is 1. The summed E-state index contributed by atoms with van der Waals surface area (Å²) in [6.45, 7) is 3.82. The zero-order valence-electron chi connectivity index (χ0n) is 14.0. The van der Waals surface area contributed by atoms with Crippen LogP contribution in [-0.2, 0) is 9.53 Å². The lowest BCUT2D eigenvalue weighted by atomic mass is 9.74. The van der Waals surface area contributed by atoms with Crippen molar-refractivity contribution in [2.24, 2.45) is 11.7 Å². The Morgan fingerprint density at radius 1 is 1.33 bits per heavy atom. The molecule has 24 heavy (non-hydrogen) atoms. The molecule has 0 bridgehead atoms. The molecule has 1 saturated heterocycles. The average Bonchev–Trinajstić information content (AvgIpc) is 2.55. The van der Waals surface area contributed by atoms with Crippen molar-refractivity contribution >= 4 is 29.9 Å². The fourth-order valence-electron chi connectivity index (χ4n) is 3.71. The first-order valence-electron chi connectivity index (χ1n) is 8.42. The lowest BCUT2D eigenvalue weighted by molar-refractivity contribution is -0.146. The van der Waals surface area contributed by atoms with E-state index in [1.165, 1.54) is 0 Å². The van der Waals surface area contributed by atoms with E-state index in [2.05, 4.69) is 0 Å². The summed E-state index contributed by atoms with van der Waals surface area (Å²) in [5.41, 5.74) is 7.07. The van der Waals surface area contributed by atoms with Gasteiger partial charge >= 0.3 is 0 Å². The second-order valence-electron chi connectivity index (χ2n) is 7.00. The molecule has 134 valence electrons. The number of morpholine rings is 1. The van der Waals surface area contributed by atoms with Crippen LogP contribution in [0.15, 0.2) is 24.3 Å². The predicted molar refractivity (Wildman–Crippen MR) is 98.5 cm³/mol. The van der Waals surface area contributed by atoms with E-state index in [1.54, 1.807) is 0 Å². The summed E-state index contributed by atoms with van der Waals surface area (Å²) >= 11 is 5.94. The van der Waals surface area contributed by atoms with Gasteiger partial charge in [-0.15, -0.1) is 12.4 Å². The minimum Gasteiger partial charge on any atom is -0.370 e. The highest BCUT2D eigenvalue weighted by Crippen LogP contribution is 2.34. The molecule has 1 heterocycles. The fourth-order valence-corrected chi connectivity index (χ4v) is 3.84. The largest absolute Gasteiger partial charge is 0.370 e. The van der Waals surface area contributed by atoms with Crippen LogP contribution in [-0.4, -0.2) is 36.0 Å². The molecule has 3 unspecified atom stereocenters. The number of nitrogens with zero attached hydrogens (tertiary/aromatic N) is 1. The maximum atomic E-state index is 13.0. The second-order valence-corrected chi connectivity index (χ2v) is 7.44. The van der Waals surface area contributed by atoms with E-state index in [4.69, 9.17) is 22.1 Å². The summed E-state index contributed by atoms with van der Waals surface area (Å²) in [4.78, 5) is 14.9. The van der Waals surface area contributed by atoms with Crippen LogP contribution in [0.4, 0.5) is 0 Å². The van der Waals surface area contributed by atoms with E-state index >= 15 is 0 Å². The predicted octanol–water partition coefficient (Wildman–Crippen LogP) is 3.57. The molecular formula is C18H26Cl2N2O2. The maximum Gasteiger partial charge on any atom is 0.227 e. The highest BCUT2D eigenvalue weighted by atomic mass is 35.5. The zero-order valence-corrected chi connectivity index (χ0v) is 15.6. The van der Waals surface area contributed by atoms with Crippen LogP contribution in [0.5, 0.6) is 0 Å². The van der Waals surface area contributed by atoms with Crippen molar-refractivity contribution in [3.8, 4) is 0 Å². The Kier molecular flexibility index (Phi) is 6.54. The molecule has 2 N–H and O–H groups in total. The average molecular weight is 373 g/mol. The van der Waals surface area contributed by atoms with Gasteiger partial charge in [0, 0.05) is 17.1 Å². The van der Waals surface area contributed by atoms with E-state index in [9.17, 15) is 4.79 Å². The van der Waals surface area contributed by atoms with Gasteiger partial charge in [-0.05, 0) is 37.5 Å². The minimum atomic E-state index is -0.386. The number of halogens is 2. The van der Waals surface area contributed by atoms with Gasteiger partial charge in [-0.1, -0.05) is 36.6 Å². The topological polar surface area (TPSA) is 55.6 Å². The van der Waals surface area contributed by atoms with Gasteiger partial charge in [0.25, 0.3) is 0 Å². The number of ether oxygens (including phenoxy) is 1. The number of amides is 1. The summed E-state index contributed by atoms with van der Waals surface area (Å²) in [5.74, 6) is 0.122. The molecule has 4 nitrogen and oxygen atoms in total. The molecule has 3 rings (SSSR count). The molecule has 1 aliphatic carbocycles. The molecule has 1 saturated carbocycles. The van der Waals surface area contributed by atoms with Crippen molar-refractivity contribution in [2.75, 3.05) is 19.7 Å². The molecule has 0 radical (unpaired) electrons. The Morgan fingerprint density at radius 2 is 2.04 bits per heavy atom. The quantitative estimate of drug-likeness (QED) is 0.862. The summed E-state index contributed by atoms with van der Waals surface area (Å²) in [7, 11) is 0. The molecular weight excluding hydrogens is 347 g/mol. The van der Waals surface area contributed by atoms with Crippen molar-refractivity contribution < 1.29 is 9.53 Å². The molecule has 0 spiro atoms. The fraction of sp³-hybridized carbons (Fsp3) is 0.611. The van der Waals surface area contributed by atoms with Crippen molar-refractivity contribution in [3.63, 3.8) is 0 Å². The lowest BCUT2D eigenvalue weighted by Crippen LogP contribution is -2.55. The van der Waals surface area contributed by atoms with Crippen LogP contribution >= 0.6 is 24.0 Å². The molecule has 0 aromatic heterocycles. The Balaban J connectivity index is 0.00000208. The van der Waals surface area contributed by atoms with Crippen LogP contribution in [0.2, 0.25) is 5.02 Å². The first-order valence-corrected chi connectivity index (χ1v) is 8.80. The number of hydrogen-bond donors (Lipinski definition) is 1. The van der Waals surface area contributed by atoms with Gasteiger partial charge in [0.2, 0.25) is 5.91 Å². The molecule has 1 aromatic rings. The van der Waals surface area contributed by atoms with E-state index in [0.717, 1.165) is 31.2 Å². The number of nitrogens with two attached hydrogens (primary N) is 1. The summed E-state index contributed by atoms with van der Waals surface area (Å²) in [5, 5.41) is 0.707. The van der Waals surface area contributed by atoms with Crippen LogP contribution in [0.1, 0.15) is 44.3 Å². The van der Waals surface area contributed by atoms with Gasteiger partial charge in [-0.2, -0.15) is 0 Å². The number of hydrogen-bond acceptors (Lipinski definition) is 3. The van der Waals surface area contributed by atoms with Gasteiger partial charge in [-0.3, -0.25) is 4.79 Å². The molecule has 2 aliphatic rings. The SMILES string of the molecule is CC1(N)CCCCC1C(=O)N1CCOC(c2ccc(Cl)cc2)C1.Cl. The molecule has 1 aromatic carbocycles. The number of benzene rings is 1.